The lowest BCUT2D eigenvalue weighted by Gasteiger charge is -2.29. The Morgan fingerprint density at radius 2 is 2.04 bits per heavy atom. The summed E-state index contributed by atoms with van der Waals surface area (Å²) in [6, 6.07) is 9.23. The number of fused-ring (bicyclic) bond motifs is 1. The molecule has 3 aromatic rings. The highest BCUT2D eigenvalue weighted by atomic mass is 35.5. The van der Waals surface area contributed by atoms with Gasteiger partial charge in [0.25, 0.3) is 11.2 Å². The Labute approximate surface area is 165 Å². The average Bonchev–Trinajstić information content (AvgIpc) is 3.18. The van der Waals surface area contributed by atoms with Crippen LogP contribution in [0.4, 0.5) is 5.95 Å². The third kappa shape index (κ3) is 3.05. The molecule has 28 heavy (non-hydrogen) atoms. The molecule has 0 unspecified atom stereocenters. The maximum atomic E-state index is 12.1. The van der Waals surface area contributed by atoms with Gasteiger partial charge in [-0.3, -0.25) is 9.78 Å². The minimum Gasteiger partial charge on any atom is -1.00 e. The Kier molecular flexibility index (Phi) is 5.41. The molecule has 4 atom stereocenters. The number of halogens is 1. The van der Waals surface area contributed by atoms with Crippen molar-refractivity contribution in [2.75, 3.05) is 12.3 Å². The summed E-state index contributed by atoms with van der Waals surface area (Å²) in [5.74, 6) is -0.0949. The third-order valence-corrected chi connectivity index (χ3v) is 4.89. The number of nitrogen functional groups attached to an aromatic ring is 1. The first-order chi connectivity index (χ1) is 13.0. The Bertz CT molecular complexity index is 1030. The van der Waals surface area contributed by atoms with E-state index >= 15 is 0 Å². The van der Waals surface area contributed by atoms with E-state index in [9.17, 15) is 20.1 Å². The molecule has 1 aliphatic rings. The van der Waals surface area contributed by atoms with Gasteiger partial charge in [0, 0.05) is 6.42 Å². The highest BCUT2D eigenvalue weighted by molar-refractivity contribution is 5.67. The molecule has 4 rings (SSSR count). The minimum absolute atomic E-state index is 0. The third-order valence-electron chi connectivity index (χ3n) is 4.89. The van der Waals surface area contributed by atoms with Crippen LogP contribution < -0.4 is 28.7 Å². The minimum atomic E-state index is -1.50. The second-order valence-corrected chi connectivity index (χ2v) is 6.57. The van der Waals surface area contributed by atoms with Gasteiger partial charge >= 0.3 is 5.56 Å². The molecule has 0 bridgehead atoms. The molecule has 0 radical (unpaired) electrons. The van der Waals surface area contributed by atoms with Crippen LogP contribution in [0.5, 0.6) is 0 Å². The molecule has 1 aromatic carbocycles. The van der Waals surface area contributed by atoms with E-state index in [1.165, 1.54) is 10.9 Å². The van der Waals surface area contributed by atoms with Gasteiger partial charge in [-0.15, -0.1) is 0 Å². The van der Waals surface area contributed by atoms with Gasteiger partial charge in [0.05, 0.1) is 6.61 Å². The number of nitrogens with two attached hydrogens (primary N) is 1. The number of imidazole rings is 1. The van der Waals surface area contributed by atoms with E-state index in [0.29, 0.717) is 0 Å². The number of H-pyrrole nitrogens is 2. The maximum absolute atomic E-state index is 12.1. The van der Waals surface area contributed by atoms with Crippen molar-refractivity contribution in [3.63, 3.8) is 0 Å². The van der Waals surface area contributed by atoms with Gasteiger partial charge in [0.15, 0.2) is 6.10 Å². The molecule has 1 aliphatic heterocycles. The number of aliphatic hydroxyl groups is 3. The first-order valence-corrected chi connectivity index (χ1v) is 8.44. The Balaban J connectivity index is 0.00000225. The Hall–Kier alpha value is -2.50. The van der Waals surface area contributed by atoms with Gasteiger partial charge < -0.3 is 38.2 Å². The zero-order chi connectivity index (χ0) is 19.2. The number of nitrogens with one attached hydrogen (secondary N) is 2. The predicted molar refractivity (Wildman–Crippen MR) is 93.4 cm³/mol. The van der Waals surface area contributed by atoms with Crippen LogP contribution in [0.2, 0.25) is 0 Å². The fraction of sp³-hybridized carbons (Fsp3) is 0.353. The van der Waals surface area contributed by atoms with Gasteiger partial charge in [-0.05, 0) is 5.56 Å². The number of anilines is 1. The molecule has 0 saturated carbocycles. The van der Waals surface area contributed by atoms with Crippen molar-refractivity contribution in [1.29, 1.82) is 0 Å². The van der Waals surface area contributed by atoms with Crippen LogP contribution in [0.15, 0.2) is 41.5 Å². The molecular weight excluding hydrogens is 390 g/mol. The quantitative estimate of drug-likeness (QED) is 0.288. The van der Waals surface area contributed by atoms with Gasteiger partial charge in [-0.2, -0.15) is 9.55 Å². The summed E-state index contributed by atoms with van der Waals surface area (Å²) in [6.45, 7) is -0.478. The maximum Gasteiger partial charge on any atom is 0.304 e. The lowest BCUT2D eigenvalue weighted by atomic mass is 9.95. The number of aliphatic hydroxyl groups excluding tert-OH is 3. The van der Waals surface area contributed by atoms with Crippen LogP contribution in [-0.2, 0) is 16.9 Å². The van der Waals surface area contributed by atoms with E-state index in [0.717, 1.165) is 5.56 Å². The van der Waals surface area contributed by atoms with Crippen LogP contribution in [0, 0.1) is 0 Å². The molecule has 10 nitrogen and oxygen atoms in total. The highest BCUT2D eigenvalue weighted by Gasteiger charge is 2.59. The van der Waals surface area contributed by atoms with Crippen LogP contribution >= 0.6 is 0 Å². The van der Waals surface area contributed by atoms with Crippen LogP contribution in [0.1, 0.15) is 5.56 Å². The average molecular weight is 410 g/mol. The monoisotopic (exact) mass is 409 g/mol. The molecule has 3 heterocycles. The van der Waals surface area contributed by atoms with Crippen molar-refractivity contribution in [2.45, 2.75) is 30.5 Å². The number of benzene rings is 1. The topological polar surface area (TPSA) is 161 Å². The van der Waals surface area contributed by atoms with Gasteiger partial charge in [0.1, 0.15) is 12.2 Å². The van der Waals surface area contributed by atoms with Crippen molar-refractivity contribution < 1.29 is 37.4 Å². The normalized spacial score (nSPS) is 27.0. The summed E-state index contributed by atoms with van der Waals surface area (Å²) in [7, 11) is 0. The summed E-state index contributed by atoms with van der Waals surface area (Å²) in [6.07, 6.45) is -2.11. The number of hydrogen-bond acceptors (Lipinski definition) is 7. The summed E-state index contributed by atoms with van der Waals surface area (Å²) in [5, 5.41) is 30.8. The summed E-state index contributed by atoms with van der Waals surface area (Å²) >= 11 is 0. The molecule has 11 heteroatoms. The summed E-state index contributed by atoms with van der Waals surface area (Å²) < 4.78 is 7.41. The van der Waals surface area contributed by atoms with Crippen LogP contribution in [0.3, 0.4) is 0 Å². The van der Waals surface area contributed by atoms with Crippen molar-refractivity contribution in [3.8, 4) is 0 Å². The second-order valence-electron chi connectivity index (χ2n) is 6.57. The lowest BCUT2D eigenvalue weighted by molar-refractivity contribution is -0.351. The van der Waals surface area contributed by atoms with Crippen molar-refractivity contribution >= 4 is 17.1 Å². The zero-order valence-corrected chi connectivity index (χ0v) is 15.4. The lowest BCUT2D eigenvalue weighted by Crippen LogP contribution is -3.00. The first kappa shape index (κ1) is 20.2. The van der Waals surface area contributed by atoms with Crippen molar-refractivity contribution in [3.05, 3.63) is 52.6 Å². The van der Waals surface area contributed by atoms with Crippen LogP contribution in [0.25, 0.3) is 11.2 Å². The van der Waals surface area contributed by atoms with E-state index < -0.39 is 36.2 Å². The van der Waals surface area contributed by atoms with Crippen LogP contribution in [-0.4, -0.2) is 54.8 Å². The fourth-order valence-electron chi connectivity index (χ4n) is 3.60. The molecule has 2 aromatic heterocycles. The smallest absolute Gasteiger partial charge is 0.304 e. The molecule has 0 amide bonds. The molecule has 0 spiro atoms. The Morgan fingerprint density at radius 3 is 2.68 bits per heavy atom. The molecule has 1 saturated heterocycles. The van der Waals surface area contributed by atoms with Crippen molar-refractivity contribution in [1.82, 2.24) is 14.5 Å². The van der Waals surface area contributed by atoms with E-state index in [-0.39, 0.29) is 35.9 Å². The molecule has 150 valence electrons. The second kappa shape index (κ2) is 7.49. The molecule has 0 aliphatic carbocycles. The fourth-order valence-corrected chi connectivity index (χ4v) is 3.60. The number of aromatic nitrogens is 4. The molecule has 1 fully saturated rings. The van der Waals surface area contributed by atoms with Gasteiger partial charge in [-0.25, -0.2) is 4.98 Å². The highest BCUT2D eigenvalue weighted by Crippen LogP contribution is 2.39. The summed E-state index contributed by atoms with van der Waals surface area (Å²) in [4.78, 5) is 21.5. The van der Waals surface area contributed by atoms with Gasteiger partial charge in [0.2, 0.25) is 18.0 Å². The number of hydrogen-bond donors (Lipinski definition) is 5. The first-order valence-electron chi connectivity index (χ1n) is 8.44. The summed E-state index contributed by atoms with van der Waals surface area (Å²) in [5.41, 5.74) is 4.83. The zero-order valence-electron chi connectivity index (χ0n) is 14.6. The number of nitrogens with zero attached hydrogens (tertiary/aromatic N) is 2. The van der Waals surface area contributed by atoms with E-state index in [1.54, 1.807) is 0 Å². The number of rotatable bonds is 4. The Morgan fingerprint density at radius 1 is 1.32 bits per heavy atom. The molecular formula is C17H20ClN5O5. The van der Waals surface area contributed by atoms with Crippen molar-refractivity contribution in [2.24, 2.45) is 0 Å². The number of ether oxygens (including phenoxy) is 1. The van der Waals surface area contributed by atoms with E-state index in [2.05, 4.69) is 15.0 Å². The van der Waals surface area contributed by atoms with E-state index in [4.69, 9.17) is 10.5 Å². The standard InChI is InChI=1S/C17H19N5O5.ClH/c18-16-20-14-11(15(26)21-16)19-8-22(14)17(6-9-4-2-1-3-5-9)13(25)12(24)10(7-23)27-17;/h1-5,8,10,12-13,23-25H,6-7H2,(H3,18,20,21,26);1H/t10-,12-,13-,17-;/m1./s1. The SMILES string of the molecule is Nc1nc2c([nH+]cn2[C@]2(Cc3ccccc3)O[C@H](CO)[C@@H](O)[C@H]2O)c(=O)[nH]1.[Cl-]. The van der Waals surface area contributed by atoms with Gasteiger partial charge in [-0.1, -0.05) is 30.3 Å². The van der Waals surface area contributed by atoms with E-state index in [1.807, 2.05) is 30.3 Å². The largest absolute Gasteiger partial charge is 1.00 e. The number of aromatic amines is 2. The molecule has 7 N–H and O–H groups in total. The predicted octanol–water partition coefficient (Wildman–Crippen LogP) is -4.87.